The molecule has 0 aliphatic heterocycles. The molecule has 6 heteroatoms. The summed E-state index contributed by atoms with van der Waals surface area (Å²) in [4.78, 5) is 23.6. The molecule has 100 valence electrons. The Balaban J connectivity index is 2.33. The second-order valence-electron chi connectivity index (χ2n) is 4.22. The van der Waals surface area contributed by atoms with E-state index >= 15 is 0 Å². The van der Waals surface area contributed by atoms with E-state index < -0.39 is 12.0 Å². The van der Waals surface area contributed by atoms with Crippen LogP contribution in [0.1, 0.15) is 23.8 Å². The van der Waals surface area contributed by atoms with E-state index in [-0.39, 0.29) is 17.8 Å². The quantitative estimate of drug-likeness (QED) is 0.743. The molecule has 19 heavy (non-hydrogen) atoms. The SMILES string of the molecule is CCC(O)CNC(=O)c1n[nH]c(=O)c2ccccc12. The molecular formula is C13H15N3O3. The van der Waals surface area contributed by atoms with Gasteiger partial charge in [0.1, 0.15) is 0 Å². The van der Waals surface area contributed by atoms with Gasteiger partial charge in [0.05, 0.1) is 11.5 Å². The number of benzene rings is 1. The van der Waals surface area contributed by atoms with Crippen LogP contribution >= 0.6 is 0 Å². The Labute approximate surface area is 109 Å². The van der Waals surface area contributed by atoms with Crippen LogP contribution in [0.3, 0.4) is 0 Å². The van der Waals surface area contributed by atoms with Gasteiger partial charge in [-0.15, -0.1) is 0 Å². The molecule has 0 fully saturated rings. The molecule has 2 rings (SSSR count). The second-order valence-corrected chi connectivity index (χ2v) is 4.22. The number of aromatic nitrogens is 2. The summed E-state index contributed by atoms with van der Waals surface area (Å²) < 4.78 is 0. The minimum atomic E-state index is -0.585. The summed E-state index contributed by atoms with van der Waals surface area (Å²) in [6.45, 7) is 1.98. The summed E-state index contributed by atoms with van der Waals surface area (Å²) in [7, 11) is 0. The zero-order chi connectivity index (χ0) is 13.8. The average Bonchev–Trinajstić information content (AvgIpc) is 2.45. The molecule has 0 saturated heterocycles. The highest BCUT2D eigenvalue weighted by Gasteiger charge is 2.14. The molecule has 1 amide bonds. The van der Waals surface area contributed by atoms with E-state index in [0.717, 1.165) is 0 Å². The first kappa shape index (κ1) is 13.2. The van der Waals surface area contributed by atoms with Crippen LogP contribution in [0.4, 0.5) is 0 Å². The molecule has 0 aliphatic carbocycles. The van der Waals surface area contributed by atoms with E-state index in [0.29, 0.717) is 17.2 Å². The van der Waals surface area contributed by atoms with Gasteiger partial charge in [0.25, 0.3) is 11.5 Å². The van der Waals surface area contributed by atoms with Gasteiger partial charge in [-0.25, -0.2) is 5.10 Å². The van der Waals surface area contributed by atoms with Gasteiger partial charge in [-0.05, 0) is 12.5 Å². The Bertz CT molecular complexity index is 651. The number of aromatic amines is 1. The van der Waals surface area contributed by atoms with E-state index in [4.69, 9.17) is 0 Å². The maximum Gasteiger partial charge on any atom is 0.272 e. The topological polar surface area (TPSA) is 95.1 Å². The first-order valence-corrected chi connectivity index (χ1v) is 6.07. The smallest absolute Gasteiger partial charge is 0.272 e. The molecule has 0 aliphatic rings. The Morgan fingerprint density at radius 1 is 1.42 bits per heavy atom. The molecule has 3 N–H and O–H groups in total. The van der Waals surface area contributed by atoms with Crippen LogP contribution in [0.15, 0.2) is 29.1 Å². The zero-order valence-corrected chi connectivity index (χ0v) is 10.5. The zero-order valence-electron chi connectivity index (χ0n) is 10.5. The van der Waals surface area contributed by atoms with Crippen molar-refractivity contribution in [2.75, 3.05) is 6.54 Å². The normalized spacial score (nSPS) is 12.3. The fourth-order valence-corrected chi connectivity index (χ4v) is 1.73. The van der Waals surface area contributed by atoms with Crippen molar-refractivity contribution < 1.29 is 9.90 Å². The fraction of sp³-hybridized carbons (Fsp3) is 0.308. The van der Waals surface area contributed by atoms with Gasteiger partial charge >= 0.3 is 0 Å². The number of aliphatic hydroxyl groups excluding tert-OH is 1. The molecule has 2 aromatic rings. The van der Waals surface area contributed by atoms with Gasteiger partial charge in [-0.3, -0.25) is 9.59 Å². The number of amides is 1. The van der Waals surface area contributed by atoms with Crippen LogP contribution in [0, 0.1) is 0 Å². The third-order valence-corrected chi connectivity index (χ3v) is 2.88. The number of carbonyl (C=O) groups excluding carboxylic acids is 1. The number of nitrogens with one attached hydrogen (secondary N) is 2. The molecule has 1 aromatic carbocycles. The number of fused-ring (bicyclic) bond motifs is 1. The van der Waals surface area contributed by atoms with Crippen molar-refractivity contribution >= 4 is 16.7 Å². The van der Waals surface area contributed by atoms with Crippen molar-refractivity contribution in [1.82, 2.24) is 15.5 Å². The van der Waals surface area contributed by atoms with Crippen molar-refractivity contribution in [1.29, 1.82) is 0 Å². The minimum absolute atomic E-state index is 0.151. The third kappa shape index (κ3) is 2.79. The Morgan fingerprint density at radius 3 is 2.79 bits per heavy atom. The Hall–Kier alpha value is -2.21. The standard InChI is InChI=1S/C13H15N3O3/c1-2-8(17)7-14-13(19)11-9-5-3-4-6-10(9)12(18)16-15-11/h3-6,8,17H,2,7H2,1H3,(H,14,19)(H,16,18). The van der Waals surface area contributed by atoms with Crippen molar-refractivity contribution in [3.05, 3.63) is 40.3 Å². The van der Waals surface area contributed by atoms with Crippen molar-refractivity contribution in [2.24, 2.45) is 0 Å². The number of nitrogens with zero attached hydrogens (tertiary/aromatic N) is 1. The van der Waals surface area contributed by atoms with Crippen LogP contribution in [0.5, 0.6) is 0 Å². The summed E-state index contributed by atoms with van der Waals surface area (Å²) in [5.41, 5.74) is -0.181. The van der Waals surface area contributed by atoms with Crippen molar-refractivity contribution in [2.45, 2.75) is 19.4 Å². The average molecular weight is 261 g/mol. The van der Waals surface area contributed by atoms with Gasteiger partial charge in [0.15, 0.2) is 5.69 Å². The van der Waals surface area contributed by atoms with Crippen LogP contribution < -0.4 is 10.9 Å². The molecule has 0 saturated carbocycles. The lowest BCUT2D eigenvalue weighted by Gasteiger charge is -2.09. The lowest BCUT2D eigenvalue weighted by atomic mass is 10.1. The first-order valence-electron chi connectivity index (χ1n) is 6.07. The maximum atomic E-state index is 12.0. The highest BCUT2D eigenvalue weighted by atomic mass is 16.3. The first-order chi connectivity index (χ1) is 9.13. The number of H-pyrrole nitrogens is 1. The van der Waals surface area contributed by atoms with Gasteiger partial charge in [0, 0.05) is 11.9 Å². The lowest BCUT2D eigenvalue weighted by Crippen LogP contribution is -2.33. The Kier molecular flexibility index (Phi) is 3.91. The second kappa shape index (κ2) is 5.62. The number of aliphatic hydroxyl groups is 1. The van der Waals surface area contributed by atoms with E-state index in [1.54, 1.807) is 24.3 Å². The number of rotatable bonds is 4. The third-order valence-electron chi connectivity index (χ3n) is 2.88. The van der Waals surface area contributed by atoms with Gasteiger partial charge < -0.3 is 10.4 Å². The van der Waals surface area contributed by atoms with E-state index in [1.165, 1.54) is 0 Å². The monoisotopic (exact) mass is 261 g/mol. The molecule has 1 unspecified atom stereocenters. The van der Waals surface area contributed by atoms with Gasteiger partial charge in [0.2, 0.25) is 0 Å². The van der Waals surface area contributed by atoms with Crippen molar-refractivity contribution in [3.63, 3.8) is 0 Å². The summed E-state index contributed by atoms with van der Waals surface area (Å²) in [6, 6.07) is 6.76. The lowest BCUT2D eigenvalue weighted by molar-refractivity contribution is 0.0910. The molecule has 1 aromatic heterocycles. The Morgan fingerprint density at radius 2 is 2.11 bits per heavy atom. The molecular weight excluding hydrogens is 246 g/mol. The maximum absolute atomic E-state index is 12.0. The van der Waals surface area contributed by atoms with Gasteiger partial charge in [-0.1, -0.05) is 25.1 Å². The van der Waals surface area contributed by atoms with E-state index in [9.17, 15) is 14.7 Å². The van der Waals surface area contributed by atoms with Crippen LogP contribution in [-0.4, -0.2) is 33.9 Å². The molecule has 0 bridgehead atoms. The van der Waals surface area contributed by atoms with Crippen LogP contribution in [0.2, 0.25) is 0 Å². The fourth-order valence-electron chi connectivity index (χ4n) is 1.73. The number of hydrogen-bond donors (Lipinski definition) is 3. The highest BCUT2D eigenvalue weighted by Crippen LogP contribution is 2.11. The number of carbonyl (C=O) groups is 1. The molecule has 1 heterocycles. The van der Waals surface area contributed by atoms with Crippen molar-refractivity contribution in [3.8, 4) is 0 Å². The highest BCUT2D eigenvalue weighted by molar-refractivity contribution is 6.04. The van der Waals surface area contributed by atoms with Gasteiger partial charge in [-0.2, -0.15) is 5.10 Å². The van der Waals surface area contributed by atoms with Crippen LogP contribution in [0.25, 0.3) is 10.8 Å². The molecule has 0 spiro atoms. The van der Waals surface area contributed by atoms with Crippen LogP contribution in [-0.2, 0) is 0 Å². The summed E-state index contributed by atoms with van der Waals surface area (Å²) in [6.07, 6.45) is -0.0296. The minimum Gasteiger partial charge on any atom is -0.391 e. The molecule has 0 radical (unpaired) electrons. The van der Waals surface area contributed by atoms with E-state index in [1.807, 2.05) is 6.92 Å². The molecule has 6 nitrogen and oxygen atoms in total. The molecule has 1 atom stereocenters. The number of hydrogen-bond acceptors (Lipinski definition) is 4. The summed E-state index contributed by atoms with van der Waals surface area (Å²) >= 11 is 0. The van der Waals surface area contributed by atoms with E-state index in [2.05, 4.69) is 15.5 Å². The summed E-state index contributed by atoms with van der Waals surface area (Å²) in [5.74, 6) is -0.417. The predicted molar refractivity (Wildman–Crippen MR) is 71.0 cm³/mol. The largest absolute Gasteiger partial charge is 0.391 e. The summed E-state index contributed by atoms with van der Waals surface area (Å²) in [5, 5.41) is 19.0. The predicted octanol–water partition coefficient (Wildman–Crippen LogP) is 0.424.